The Bertz CT molecular complexity index is 504. The Morgan fingerprint density at radius 3 is 2.74 bits per heavy atom. The lowest BCUT2D eigenvalue weighted by molar-refractivity contribution is 0.278. The number of hydrogen-bond donors (Lipinski definition) is 1. The Labute approximate surface area is 114 Å². The van der Waals surface area contributed by atoms with Crippen molar-refractivity contribution in [3.63, 3.8) is 0 Å². The van der Waals surface area contributed by atoms with Crippen LogP contribution in [-0.4, -0.2) is 36.9 Å². The lowest BCUT2D eigenvalue weighted by Crippen LogP contribution is -2.34. The van der Waals surface area contributed by atoms with Crippen LogP contribution in [0.2, 0.25) is 0 Å². The Morgan fingerprint density at radius 1 is 1.37 bits per heavy atom. The third-order valence-electron chi connectivity index (χ3n) is 3.96. The minimum atomic E-state index is -2.95. The van der Waals surface area contributed by atoms with Gasteiger partial charge in [-0.25, -0.2) is 8.42 Å². The highest BCUT2D eigenvalue weighted by Gasteiger charge is 2.33. The van der Waals surface area contributed by atoms with E-state index in [-0.39, 0.29) is 11.3 Å². The Kier molecular flexibility index (Phi) is 4.52. The van der Waals surface area contributed by atoms with Crippen molar-refractivity contribution < 1.29 is 8.42 Å². The molecule has 1 aliphatic rings. The maximum absolute atomic E-state index is 11.7. The number of hydrogen-bond acceptors (Lipinski definition) is 5. The van der Waals surface area contributed by atoms with E-state index in [2.05, 4.69) is 15.3 Å². The lowest BCUT2D eigenvalue weighted by atomic mass is 9.82. The van der Waals surface area contributed by atoms with Crippen LogP contribution in [-0.2, 0) is 9.84 Å². The fraction of sp³-hybridized carbons (Fsp3) is 0.692. The van der Waals surface area contributed by atoms with E-state index >= 15 is 0 Å². The van der Waals surface area contributed by atoms with Gasteiger partial charge in [0.1, 0.15) is 9.84 Å². The summed E-state index contributed by atoms with van der Waals surface area (Å²) in [7, 11) is -1.05. The minimum Gasteiger partial charge on any atom is -0.311 e. The van der Waals surface area contributed by atoms with E-state index in [0.29, 0.717) is 12.3 Å². The summed E-state index contributed by atoms with van der Waals surface area (Å²) >= 11 is 0. The van der Waals surface area contributed by atoms with Crippen molar-refractivity contribution in [2.45, 2.75) is 37.0 Å². The molecule has 0 aliphatic heterocycles. The van der Waals surface area contributed by atoms with Crippen LogP contribution in [0.5, 0.6) is 0 Å². The third-order valence-corrected chi connectivity index (χ3v) is 5.60. The molecular weight excluding hydrogens is 262 g/mol. The van der Waals surface area contributed by atoms with Gasteiger partial charge in [-0.2, -0.15) is 0 Å². The highest BCUT2D eigenvalue weighted by atomic mass is 32.2. The van der Waals surface area contributed by atoms with E-state index in [9.17, 15) is 8.42 Å². The molecule has 1 heterocycles. The molecule has 5 nitrogen and oxygen atoms in total. The summed E-state index contributed by atoms with van der Waals surface area (Å²) in [4.78, 5) is 8.43. The summed E-state index contributed by atoms with van der Waals surface area (Å²) < 4.78 is 23.5. The number of sulfone groups is 1. The zero-order valence-corrected chi connectivity index (χ0v) is 12.2. The first-order chi connectivity index (χ1) is 9.02. The Balaban J connectivity index is 2.15. The van der Waals surface area contributed by atoms with Crippen molar-refractivity contribution in [3.05, 3.63) is 24.3 Å². The van der Waals surface area contributed by atoms with E-state index in [0.717, 1.165) is 25.0 Å². The molecule has 19 heavy (non-hydrogen) atoms. The smallest absolute Gasteiger partial charge is 0.150 e. The largest absolute Gasteiger partial charge is 0.311 e. The first kappa shape index (κ1) is 14.4. The molecule has 1 aromatic rings. The van der Waals surface area contributed by atoms with Crippen LogP contribution in [0.15, 0.2) is 18.6 Å². The number of aromatic nitrogens is 2. The summed E-state index contributed by atoms with van der Waals surface area (Å²) in [6.07, 6.45) is 9.91. The molecule has 6 heteroatoms. The van der Waals surface area contributed by atoms with Gasteiger partial charge in [-0.3, -0.25) is 9.97 Å². The number of nitrogens with one attached hydrogen (secondary N) is 1. The van der Waals surface area contributed by atoms with Gasteiger partial charge in [0, 0.05) is 24.8 Å². The zero-order valence-electron chi connectivity index (χ0n) is 11.4. The Morgan fingerprint density at radius 2 is 2.16 bits per heavy atom. The lowest BCUT2D eigenvalue weighted by Gasteiger charge is -2.33. The highest BCUT2D eigenvalue weighted by molar-refractivity contribution is 7.91. The van der Waals surface area contributed by atoms with Crippen LogP contribution in [0.4, 0.5) is 0 Å². The molecule has 3 atom stereocenters. The van der Waals surface area contributed by atoms with Gasteiger partial charge in [-0.15, -0.1) is 0 Å². The maximum atomic E-state index is 11.7. The third kappa shape index (κ3) is 3.51. The van der Waals surface area contributed by atoms with E-state index < -0.39 is 9.84 Å². The second kappa shape index (κ2) is 5.96. The van der Waals surface area contributed by atoms with Gasteiger partial charge in [0.15, 0.2) is 0 Å². The van der Waals surface area contributed by atoms with Crippen molar-refractivity contribution in [1.29, 1.82) is 0 Å². The minimum absolute atomic E-state index is 0.0817. The predicted molar refractivity (Wildman–Crippen MR) is 74.4 cm³/mol. The van der Waals surface area contributed by atoms with E-state index in [1.165, 1.54) is 6.26 Å². The van der Waals surface area contributed by atoms with Crippen LogP contribution in [0.25, 0.3) is 0 Å². The monoisotopic (exact) mass is 283 g/mol. The Hall–Kier alpha value is -1.01. The maximum Gasteiger partial charge on any atom is 0.150 e. The average molecular weight is 283 g/mol. The van der Waals surface area contributed by atoms with Crippen molar-refractivity contribution >= 4 is 9.84 Å². The molecule has 0 bridgehead atoms. The van der Waals surface area contributed by atoms with Crippen molar-refractivity contribution in [2.75, 3.05) is 13.3 Å². The predicted octanol–water partition coefficient (Wildman–Crippen LogP) is 1.34. The van der Waals surface area contributed by atoms with Crippen LogP contribution < -0.4 is 5.32 Å². The average Bonchev–Trinajstić information content (AvgIpc) is 2.40. The van der Waals surface area contributed by atoms with Gasteiger partial charge >= 0.3 is 0 Å². The van der Waals surface area contributed by atoms with Crippen LogP contribution in [0.1, 0.15) is 37.4 Å². The summed E-state index contributed by atoms with van der Waals surface area (Å²) in [6.45, 7) is 0. The van der Waals surface area contributed by atoms with Gasteiger partial charge in [-0.05, 0) is 32.2 Å². The molecule has 0 aromatic carbocycles. The summed E-state index contributed by atoms with van der Waals surface area (Å²) in [5, 5.41) is 3.05. The molecule has 1 N–H and O–H groups in total. The molecule has 1 saturated carbocycles. The van der Waals surface area contributed by atoms with E-state index in [1.54, 1.807) is 18.6 Å². The van der Waals surface area contributed by atoms with Gasteiger partial charge in [-0.1, -0.05) is 6.42 Å². The number of nitrogens with zero attached hydrogens (tertiary/aromatic N) is 2. The quantitative estimate of drug-likeness (QED) is 0.903. The van der Waals surface area contributed by atoms with Crippen LogP contribution in [0.3, 0.4) is 0 Å². The molecule has 0 amide bonds. The zero-order chi connectivity index (χ0) is 13.9. The highest BCUT2D eigenvalue weighted by Crippen LogP contribution is 2.35. The summed E-state index contributed by atoms with van der Waals surface area (Å²) in [5.74, 6) is 0.301. The first-order valence-corrected chi connectivity index (χ1v) is 8.60. The van der Waals surface area contributed by atoms with Crippen molar-refractivity contribution in [2.24, 2.45) is 5.92 Å². The van der Waals surface area contributed by atoms with Gasteiger partial charge < -0.3 is 5.32 Å². The molecule has 0 radical (unpaired) electrons. The molecule has 106 valence electrons. The standard InChI is InChI=1S/C13H21N3O2S/c1-14-13(12-9-15-6-7-16-12)10-4-3-5-11(8-10)19(2,17)18/h6-7,9-11,13-14H,3-5,8H2,1-2H3. The second-order valence-electron chi connectivity index (χ2n) is 5.27. The van der Waals surface area contributed by atoms with Crippen LogP contribution >= 0.6 is 0 Å². The normalized spacial score (nSPS) is 26.0. The van der Waals surface area contributed by atoms with Gasteiger partial charge in [0.05, 0.1) is 17.0 Å². The van der Waals surface area contributed by atoms with E-state index in [1.807, 2.05) is 7.05 Å². The topological polar surface area (TPSA) is 72.0 Å². The van der Waals surface area contributed by atoms with Crippen molar-refractivity contribution in [1.82, 2.24) is 15.3 Å². The molecule has 2 rings (SSSR count). The fourth-order valence-corrected chi connectivity index (χ4v) is 4.16. The van der Waals surface area contributed by atoms with Gasteiger partial charge in [0.2, 0.25) is 0 Å². The second-order valence-corrected chi connectivity index (χ2v) is 7.60. The SMILES string of the molecule is CNC(c1cnccn1)C1CCCC(S(C)(=O)=O)C1. The fourth-order valence-electron chi connectivity index (χ4n) is 2.97. The van der Waals surface area contributed by atoms with E-state index in [4.69, 9.17) is 0 Å². The molecule has 1 aliphatic carbocycles. The molecule has 1 fully saturated rings. The summed E-state index contributed by atoms with van der Waals surface area (Å²) in [6, 6.07) is 0.0817. The molecule has 0 spiro atoms. The molecular formula is C13H21N3O2S. The molecule has 0 saturated heterocycles. The van der Waals surface area contributed by atoms with Crippen molar-refractivity contribution in [3.8, 4) is 0 Å². The summed E-state index contributed by atoms with van der Waals surface area (Å²) in [5.41, 5.74) is 0.893. The van der Waals surface area contributed by atoms with Gasteiger partial charge in [0.25, 0.3) is 0 Å². The number of rotatable bonds is 4. The first-order valence-electron chi connectivity index (χ1n) is 6.64. The molecule has 3 unspecified atom stereocenters. The van der Waals surface area contributed by atoms with Crippen LogP contribution in [0, 0.1) is 5.92 Å². The molecule has 1 aromatic heterocycles.